The molecule has 2 aromatic rings. The van der Waals surface area contributed by atoms with Crippen LogP contribution >= 0.6 is 0 Å². The smallest absolute Gasteiger partial charge is 0.255 e. The molecule has 118 valence electrons. The maximum atomic E-state index is 12.5. The van der Waals surface area contributed by atoms with Gasteiger partial charge < -0.3 is 10.3 Å². The van der Waals surface area contributed by atoms with Crippen molar-refractivity contribution in [1.29, 1.82) is 0 Å². The van der Waals surface area contributed by atoms with Gasteiger partial charge in [-0.3, -0.25) is 4.79 Å². The minimum absolute atomic E-state index is 0.0658. The second-order valence-electron chi connectivity index (χ2n) is 6.50. The first kappa shape index (κ1) is 15.0. The fourth-order valence-corrected chi connectivity index (χ4v) is 2.79. The molecule has 3 rings (SSSR count). The fraction of sp³-hybridized carbons (Fsp3) is 0.588. The molecule has 5 nitrogen and oxygen atoms in total. The van der Waals surface area contributed by atoms with Gasteiger partial charge in [0.15, 0.2) is 5.65 Å². The topological polar surface area (TPSA) is 70.7 Å². The van der Waals surface area contributed by atoms with E-state index in [1.54, 1.807) is 6.20 Å². The van der Waals surface area contributed by atoms with Crippen molar-refractivity contribution in [2.24, 2.45) is 5.92 Å². The van der Waals surface area contributed by atoms with Crippen LogP contribution in [0, 0.1) is 5.92 Å². The zero-order chi connectivity index (χ0) is 15.7. The molecule has 22 heavy (non-hydrogen) atoms. The summed E-state index contributed by atoms with van der Waals surface area (Å²) in [4.78, 5) is 24.6. The zero-order valence-corrected chi connectivity index (χ0v) is 13.5. The number of hydrogen-bond acceptors (Lipinski definition) is 3. The van der Waals surface area contributed by atoms with E-state index in [2.05, 4.69) is 41.0 Å². The van der Waals surface area contributed by atoms with Crippen molar-refractivity contribution >= 4 is 17.1 Å². The van der Waals surface area contributed by atoms with Crippen molar-refractivity contribution in [1.82, 2.24) is 20.3 Å². The van der Waals surface area contributed by atoms with Crippen molar-refractivity contribution in [3.05, 3.63) is 23.7 Å². The van der Waals surface area contributed by atoms with Crippen LogP contribution < -0.4 is 5.32 Å². The molecule has 0 bridgehead atoms. The van der Waals surface area contributed by atoms with E-state index in [4.69, 9.17) is 0 Å². The lowest BCUT2D eigenvalue weighted by Gasteiger charge is -2.20. The van der Waals surface area contributed by atoms with Gasteiger partial charge in [0, 0.05) is 18.2 Å². The van der Waals surface area contributed by atoms with Crippen LogP contribution in [0.2, 0.25) is 0 Å². The van der Waals surface area contributed by atoms with Gasteiger partial charge in [-0.15, -0.1) is 0 Å². The van der Waals surface area contributed by atoms with Crippen LogP contribution in [0.4, 0.5) is 0 Å². The third kappa shape index (κ3) is 2.98. The summed E-state index contributed by atoms with van der Waals surface area (Å²) in [7, 11) is 0. The Morgan fingerprint density at radius 3 is 2.91 bits per heavy atom. The summed E-state index contributed by atoms with van der Waals surface area (Å²) >= 11 is 0. The van der Waals surface area contributed by atoms with E-state index in [9.17, 15) is 4.79 Å². The maximum absolute atomic E-state index is 12.5. The highest BCUT2D eigenvalue weighted by atomic mass is 16.1. The van der Waals surface area contributed by atoms with Gasteiger partial charge >= 0.3 is 0 Å². The van der Waals surface area contributed by atoms with Gasteiger partial charge in [-0.1, -0.05) is 20.3 Å². The standard InChI is InChI=1S/C17H24N4O/c1-4-5-10(2)11(3)20-17(22)13-8-18-16-15(13)21-14(9-19-16)12-6-7-12/h8-12H,4-7H2,1-3H3,(H,18,19)(H,20,22)/t10-,11+/m0/s1. The molecule has 1 amide bonds. The Bertz CT molecular complexity index is 674. The number of hydrogen-bond donors (Lipinski definition) is 2. The first-order chi connectivity index (χ1) is 10.6. The number of amides is 1. The van der Waals surface area contributed by atoms with Gasteiger partial charge in [0.1, 0.15) is 5.52 Å². The highest BCUT2D eigenvalue weighted by Crippen LogP contribution is 2.39. The predicted molar refractivity (Wildman–Crippen MR) is 86.9 cm³/mol. The van der Waals surface area contributed by atoms with Gasteiger partial charge in [0.25, 0.3) is 5.91 Å². The quantitative estimate of drug-likeness (QED) is 0.859. The largest absolute Gasteiger partial charge is 0.349 e. The monoisotopic (exact) mass is 300 g/mol. The number of aromatic nitrogens is 3. The van der Waals surface area contributed by atoms with Gasteiger partial charge in [0.2, 0.25) is 0 Å². The third-order valence-corrected chi connectivity index (χ3v) is 4.60. The molecular formula is C17H24N4O. The van der Waals surface area contributed by atoms with Crippen molar-refractivity contribution in [3.8, 4) is 0 Å². The predicted octanol–water partition coefficient (Wildman–Crippen LogP) is 3.39. The van der Waals surface area contributed by atoms with Crippen LogP contribution in [0.15, 0.2) is 12.4 Å². The van der Waals surface area contributed by atoms with E-state index in [0.29, 0.717) is 28.6 Å². The van der Waals surface area contributed by atoms with E-state index in [1.807, 2.05) is 6.20 Å². The molecule has 0 radical (unpaired) electrons. The van der Waals surface area contributed by atoms with E-state index >= 15 is 0 Å². The molecule has 2 N–H and O–H groups in total. The number of H-pyrrole nitrogens is 1. The lowest BCUT2D eigenvalue weighted by Crippen LogP contribution is -2.37. The maximum Gasteiger partial charge on any atom is 0.255 e. The van der Waals surface area contributed by atoms with E-state index in [0.717, 1.165) is 18.5 Å². The Morgan fingerprint density at radius 2 is 2.23 bits per heavy atom. The van der Waals surface area contributed by atoms with E-state index in [1.165, 1.54) is 12.8 Å². The normalized spacial score (nSPS) is 17.4. The number of aromatic amines is 1. The number of fused-ring (bicyclic) bond motifs is 1. The first-order valence-corrected chi connectivity index (χ1v) is 8.25. The zero-order valence-electron chi connectivity index (χ0n) is 13.5. The van der Waals surface area contributed by atoms with Crippen molar-refractivity contribution in [2.75, 3.05) is 0 Å². The molecule has 0 saturated heterocycles. The summed E-state index contributed by atoms with van der Waals surface area (Å²) in [6, 6.07) is 0.150. The number of carbonyl (C=O) groups excluding carboxylic acids is 1. The van der Waals surface area contributed by atoms with Crippen molar-refractivity contribution in [3.63, 3.8) is 0 Å². The van der Waals surface area contributed by atoms with Crippen LogP contribution in [0.25, 0.3) is 11.2 Å². The molecule has 1 aliphatic carbocycles. The molecular weight excluding hydrogens is 276 g/mol. The molecule has 5 heteroatoms. The Hall–Kier alpha value is -1.91. The van der Waals surface area contributed by atoms with E-state index in [-0.39, 0.29) is 11.9 Å². The second kappa shape index (κ2) is 6.07. The first-order valence-electron chi connectivity index (χ1n) is 8.25. The molecule has 2 atom stereocenters. The summed E-state index contributed by atoms with van der Waals surface area (Å²) in [6.07, 6.45) is 8.14. The summed E-state index contributed by atoms with van der Waals surface area (Å²) in [5.74, 6) is 0.933. The number of carbonyl (C=O) groups is 1. The van der Waals surface area contributed by atoms with Crippen LogP contribution in [-0.2, 0) is 0 Å². The van der Waals surface area contributed by atoms with Crippen molar-refractivity contribution < 1.29 is 4.79 Å². The Kier molecular flexibility index (Phi) is 4.14. The summed E-state index contributed by atoms with van der Waals surface area (Å²) in [5, 5.41) is 3.10. The molecule has 1 aliphatic rings. The SMILES string of the molecule is CCC[C@H](C)[C@@H](C)NC(=O)c1c[nH]c2ncc(C3CC3)nc12. The second-order valence-corrected chi connectivity index (χ2v) is 6.50. The molecule has 1 saturated carbocycles. The minimum atomic E-state index is -0.0658. The van der Waals surface area contributed by atoms with Gasteiger partial charge in [0.05, 0.1) is 17.5 Å². The highest BCUT2D eigenvalue weighted by Gasteiger charge is 2.27. The van der Waals surface area contributed by atoms with E-state index < -0.39 is 0 Å². The lowest BCUT2D eigenvalue weighted by molar-refractivity contribution is 0.0929. The van der Waals surface area contributed by atoms with Gasteiger partial charge in [-0.05, 0) is 32.1 Å². The molecule has 2 aromatic heterocycles. The number of nitrogens with one attached hydrogen (secondary N) is 2. The molecule has 0 aliphatic heterocycles. The van der Waals surface area contributed by atoms with Crippen LogP contribution in [0.3, 0.4) is 0 Å². The Morgan fingerprint density at radius 1 is 1.45 bits per heavy atom. The fourth-order valence-electron chi connectivity index (χ4n) is 2.79. The number of nitrogens with zero attached hydrogens (tertiary/aromatic N) is 2. The molecule has 0 spiro atoms. The minimum Gasteiger partial charge on any atom is -0.349 e. The molecule has 1 fully saturated rings. The molecule has 2 heterocycles. The Labute approximate surface area is 130 Å². The summed E-state index contributed by atoms with van der Waals surface area (Å²) in [6.45, 7) is 6.41. The molecule has 0 unspecified atom stereocenters. The third-order valence-electron chi connectivity index (χ3n) is 4.60. The Balaban J connectivity index is 1.79. The molecule has 0 aromatic carbocycles. The summed E-state index contributed by atoms with van der Waals surface area (Å²) < 4.78 is 0. The van der Waals surface area contributed by atoms with Gasteiger partial charge in [-0.25, -0.2) is 9.97 Å². The lowest BCUT2D eigenvalue weighted by atomic mass is 9.98. The summed E-state index contributed by atoms with van der Waals surface area (Å²) in [5.41, 5.74) is 2.98. The van der Waals surface area contributed by atoms with Gasteiger partial charge in [-0.2, -0.15) is 0 Å². The van der Waals surface area contributed by atoms with Crippen LogP contribution in [0.1, 0.15) is 68.4 Å². The van der Waals surface area contributed by atoms with Crippen LogP contribution in [-0.4, -0.2) is 26.9 Å². The number of rotatable bonds is 6. The highest BCUT2D eigenvalue weighted by molar-refractivity contribution is 6.04. The van der Waals surface area contributed by atoms with Crippen LogP contribution in [0.5, 0.6) is 0 Å². The van der Waals surface area contributed by atoms with Crippen molar-refractivity contribution in [2.45, 2.75) is 58.4 Å². The average Bonchev–Trinajstić information content (AvgIpc) is 3.26. The average molecular weight is 300 g/mol.